The van der Waals surface area contributed by atoms with Crippen LogP contribution in [0.2, 0.25) is 0 Å². The normalized spacial score (nSPS) is 13.8. The molecule has 8 nitrogen and oxygen atoms in total. The Balaban J connectivity index is 1.18. The van der Waals surface area contributed by atoms with E-state index in [1.165, 1.54) is 12.8 Å². The van der Waals surface area contributed by atoms with Crippen molar-refractivity contribution in [1.82, 2.24) is 20.3 Å². The van der Waals surface area contributed by atoms with Gasteiger partial charge in [-0.15, -0.1) is 0 Å². The average Bonchev–Trinajstić information content (AvgIpc) is 3.61. The second-order valence-electron chi connectivity index (χ2n) is 9.45. The second kappa shape index (κ2) is 10.8. The van der Waals surface area contributed by atoms with Crippen LogP contribution in [-0.4, -0.2) is 26.8 Å². The maximum Gasteiger partial charge on any atom is 0.228 e. The molecule has 1 fully saturated rings. The van der Waals surface area contributed by atoms with Crippen molar-refractivity contribution in [2.45, 2.75) is 58.4 Å². The summed E-state index contributed by atoms with van der Waals surface area (Å²) in [7, 11) is 0. The highest BCUT2D eigenvalue weighted by molar-refractivity contribution is 5.94. The summed E-state index contributed by atoms with van der Waals surface area (Å²) in [4.78, 5) is 37.4. The van der Waals surface area contributed by atoms with Gasteiger partial charge >= 0.3 is 0 Å². The molecule has 0 spiro atoms. The van der Waals surface area contributed by atoms with E-state index in [0.717, 1.165) is 35.3 Å². The van der Waals surface area contributed by atoms with Crippen LogP contribution >= 0.6 is 0 Å². The fourth-order valence-corrected chi connectivity index (χ4v) is 4.79. The molecule has 36 heavy (non-hydrogen) atoms. The summed E-state index contributed by atoms with van der Waals surface area (Å²) in [6.07, 6.45) is 6.07. The standard InChI is InChI=1S/C28H31N5O3/c1-18-24(17-29-26(34)15-14-25-30-22-12-6-7-13-23(22)31-25)33-28(36-18)20-10-4-5-11-21(20)32-27(35)16-19-8-2-3-9-19/h4-7,10-13,19H,2-3,8-9,14-17H2,1H3,(H,29,34)(H,30,31)(H,32,35). The fraction of sp³-hybridized carbons (Fsp3) is 0.357. The molecule has 0 atom stereocenters. The highest BCUT2D eigenvalue weighted by Gasteiger charge is 2.20. The lowest BCUT2D eigenvalue weighted by Crippen LogP contribution is -2.23. The molecule has 2 aromatic carbocycles. The maximum atomic E-state index is 12.6. The molecule has 0 aliphatic heterocycles. The minimum absolute atomic E-state index is 0.0227. The van der Waals surface area contributed by atoms with Crippen LogP contribution in [0.1, 0.15) is 55.8 Å². The third-order valence-electron chi connectivity index (χ3n) is 6.75. The number of aromatic nitrogens is 3. The van der Waals surface area contributed by atoms with Crippen molar-refractivity contribution in [3.8, 4) is 11.5 Å². The van der Waals surface area contributed by atoms with Crippen LogP contribution < -0.4 is 10.6 Å². The maximum absolute atomic E-state index is 12.6. The van der Waals surface area contributed by atoms with Gasteiger partial charge in [-0.05, 0) is 49.9 Å². The van der Waals surface area contributed by atoms with E-state index in [1.54, 1.807) is 0 Å². The number of amides is 2. The van der Waals surface area contributed by atoms with Crippen LogP contribution in [0.25, 0.3) is 22.5 Å². The fourth-order valence-electron chi connectivity index (χ4n) is 4.79. The van der Waals surface area contributed by atoms with Crippen molar-refractivity contribution in [1.29, 1.82) is 0 Å². The zero-order valence-corrected chi connectivity index (χ0v) is 20.5. The molecule has 1 aliphatic rings. The number of aromatic amines is 1. The number of benzene rings is 2. The number of imidazole rings is 1. The monoisotopic (exact) mass is 485 g/mol. The van der Waals surface area contributed by atoms with E-state index in [4.69, 9.17) is 4.42 Å². The lowest BCUT2D eigenvalue weighted by Gasteiger charge is -2.11. The first-order valence-electron chi connectivity index (χ1n) is 12.6. The van der Waals surface area contributed by atoms with Crippen LogP contribution in [0.15, 0.2) is 52.9 Å². The van der Waals surface area contributed by atoms with Crippen LogP contribution in [0.4, 0.5) is 5.69 Å². The van der Waals surface area contributed by atoms with Crippen LogP contribution in [0.3, 0.4) is 0 Å². The quantitative estimate of drug-likeness (QED) is 0.298. The second-order valence-corrected chi connectivity index (χ2v) is 9.45. The third kappa shape index (κ3) is 5.64. The summed E-state index contributed by atoms with van der Waals surface area (Å²) in [6.45, 7) is 2.10. The first-order valence-corrected chi connectivity index (χ1v) is 12.6. The number of carbonyl (C=O) groups is 2. The molecule has 186 valence electrons. The summed E-state index contributed by atoms with van der Waals surface area (Å²) in [5.41, 5.74) is 3.93. The van der Waals surface area contributed by atoms with Gasteiger partial charge in [0.05, 0.1) is 28.8 Å². The van der Waals surface area contributed by atoms with Crippen molar-refractivity contribution in [2.24, 2.45) is 5.92 Å². The molecule has 5 rings (SSSR count). The Kier molecular flexibility index (Phi) is 7.11. The molecule has 2 heterocycles. The number of aryl methyl sites for hydroxylation is 2. The first kappa shape index (κ1) is 23.8. The molecule has 2 amide bonds. The largest absolute Gasteiger partial charge is 0.441 e. The highest BCUT2D eigenvalue weighted by Crippen LogP contribution is 2.31. The number of H-pyrrole nitrogens is 1. The van der Waals surface area contributed by atoms with Crippen LogP contribution in [0, 0.1) is 12.8 Å². The topological polar surface area (TPSA) is 113 Å². The Morgan fingerprint density at radius 2 is 1.81 bits per heavy atom. The van der Waals surface area contributed by atoms with Crippen molar-refractivity contribution in [3.63, 3.8) is 0 Å². The molecule has 0 unspecified atom stereocenters. The number of oxazole rings is 1. The molecule has 3 N–H and O–H groups in total. The number of fused-ring (bicyclic) bond motifs is 1. The summed E-state index contributed by atoms with van der Waals surface area (Å²) < 4.78 is 5.92. The van der Waals surface area contributed by atoms with Crippen molar-refractivity contribution in [3.05, 3.63) is 65.8 Å². The Hall–Kier alpha value is -3.94. The van der Waals surface area contributed by atoms with Gasteiger partial charge in [0.1, 0.15) is 17.3 Å². The summed E-state index contributed by atoms with van der Waals surface area (Å²) in [5, 5.41) is 5.96. The summed E-state index contributed by atoms with van der Waals surface area (Å²) in [5.74, 6) is 2.26. The van der Waals surface area contributed by atoms with E-state index in [1.807, 2.05) is 55.5 Å². The molecular weight excluding hydrogens is 454 g/mol. The molecule has 2 aromatic heterocycles. The summed E-state index contributed by atoms with van der Waals surface area (Å²) in [6, 6.07) is 15.3. The number of para-hydroxylation sites is 3. The van der Waals surface area contributed by atoms with E-state index >= 15 is 0 Å². The highest BCUT2D eigenvalue weighted by atomic mass is 16.4. The molecule has 1 saturated carbocycles. The Morgan fingerprint density at radius 1 is 1.03 bits per heavy atom. The smallest absolute Gasteiger partial charge is 0.228 e. The number of nitrogens with zero attached hydrogens (tertiary/aromatic N) is 2. The molecule has 0 saturated heterocycles. The number of hydrogen-bond acceptors (Lipinski definition) is 5. The van der Waals surface area contributed by atoms with Crippen molar-refractivity contribution >= 4 is 28.5 Å². The third-order valence-corrected chi connectivity index (χ3v) is 6.75. The first-order chi connectivity index (χ1) is 17.5. The minimum Gasteiger partial charge on any atom is -0.441 e. The molecular formula is C28H31N5O3. The number of carbonyl (C=O) groups excluding carboxylic acids is 2. The predicted octanol–water partition coefficient (Wildman–Crippen LogP) is 5.29. The van der Waals surface area contributed by atoms with Gasteiger partial charge in [-0.3, -0.25) is 9.59 Å². The SMILES string of the molecule is Cc1oc(-c2ccccc2NC(=O)CC2CCCC2)nc1CNC(=O)CCc1nc2ccccc2[nH]1. The number of hydrogen-bond donors (Lipinski definition) is 3. The zero-order valence-electron chi connectivity index (χ0n) is 20.5. The lowest BCUT2D eigenvalue weighted by atomic mass is 10.0. The molecule has 0 bridgehead atoms. The van der Waals surface area contributed by atoms with Crippen LogP contribution in [-0.2, 0) is 22.6 Å². The van der Waals surface area contributed by atoms with E-state index in [2.05, 4.69) is 25.6 Å². The molecule has 1 aliphatic carbocycles. The number of rotatable bonds is 9. The predicted molar refractivity (Wildman–Crippen MR) is 138 cm³/mol. The van der Waals surface area contributed by atoms with E-state index in [0.29, 0.717) is 48.2 Å². The van der Waals surface area contributed by atoms with Gasteiger partial charge in [-0.25, -0.2) is 9.97 Å². The van der Waals surface area contributed by atoms with Crippen molar-refractivity contribution < 1.29 is 14.0 Å². The Labute approximate surface area is 209 Å². The Bertz CT molecular complexity index is 1330. The number of anilines is 1. The van der Waals surface area contributed by atoms with Gasteiger partial charge in [0.2, 0.25) is 17.7 Å². The molecule has 4 aromatic rings. The molecule has 8 heteroatoms. The van der Waals surface area contributed by atoms with Crippen LogP contribution in [0.5, 0.6) is 0 Å². The summed E-state index contributed by atoms with van der Waals surface area (Å²) >= 11 is 0. The van der Waals surface area contributed by atoms with E-state index < -0.39 is 0 Å². The van der Waals surface area contributed by atoms with Gasteiger partial charge in [-0.1, -0.05) is 37.1 Å². The van der Waals surface area contributed by atoms with Gasteiger partial charge in [0.25, 0.3) is 0 Å². The van der Waals surface area contributed by atoms with Gasteiger partial charge in [0.15, 0.2) is 0 Å². The minimum atomic E-state index is -0.0843. The number of nitrogens with one attached hydrogen (secondary N) is 3. The zero-order chi connectivity index (χ0) is 24.9. The van der Waals surface area contributed by atoms with Gasteiger partial charge in [0, 0.05) is 19.3 Å². The lowest BCUT2D eigenvalue weighted by molar-refractivity contribution is -0.121. The van der Waals surface area contributed by atoms with Crippen molar-refractivity contribution in [2.75, 3.05) is 5.32 Å². The average molecular weight is 486 g/mol. The molecule has 0 radical (unpaired) electrons. The van der Waals surface area contributed by atoms with Gasteiger partial charge < -0.3 is 20.0 Å². The van der Waals surface area contributed by atoms with E-state index in [-0.39, 0.29) is 18.4 Å². The Morgan fingerprint density at radius 3 is 2.64 bits per heavy atom. The van der Waals surface area contributed by atoms with E-state index in [9.17, 15) is 9.59 Å². The van der Waals surface area contributed by atoms with Gasteiger partial charge in [-0.2, -0.15) is 0 Å².